The lowest BCUT2D eigenvalue weighted by Gasteiger charge is -2.39. The summed E-state index contributed by atoms with van der Waals surface area (Å²) >= 11 is 0. The third kappa shape index (κ3) is 4.97. The van der Waals surface area contributed by atoms with Crippen LogP contribution in [0, 0.1) is 11.7 Å². The number of sulfonamides is 1. The van der Waals surface area contributed by atoms with Crippen LogP contribution in [0.1, 0.15) is 12.8 Å². The molecule has 0 aromatic heterocycles. The van der Waals surface area contributed by atoms with E-state index in [1.807, 2.05) is 29.2 Å². The topological polar surface area (TPSA) is 79.4 Å². The zero-order valence-electron chi connectivity index (χ0n) is 19.4. The number of halogens is 1. The van der Waals surface area contributed by atoms with E-state index in [2.05, 4.69) is 4.90 Å². The van der Waals surface area contributed by atoms with Crippen LogP contribution < -0.4 is 14.4 Å². The maximum Gasteiger partial charge on any atom is 0.246 e. The molecule has 2 saturated heterocycles. The molecule has 1 amide bonds. The van der Waals surface area contributed by atoms with Gasteiger partial charge in [-0.25, -0.2) is 12.8 Å². The number of carbonyl (C=O) groups is 1. The molecule has 34 heavy (non-hydrogen) atoms. The number of piperidine rings is 1. The van der Waals surface area contributed by atoms with E-state index in [-0.39, 0.29) is 29.6 Å². The Morgan fingerprint density at radius 2 is 1.68 bits per heavy atom. The number of amides is 1. The summed E-state index contributed by atoms with van der Waals surface area (Å²) in [5, 5.41) is 0. The van der Waals surface area contributed by atoms with Crippen molar-refractivity contribution in [3.8, 4) is 11.5 Å². The van der Waals surface area contributed by atoms with Crippen molar-refractivity contribution in [2.45, 2.75) is 17.7 Å². The maximum absolute atomic E-state index is 13.8. The Labute approximate surface area is 199 Å². The van der Waals surface area contributed by atoms with Gasteiger partial charge in [-0.3, -0.25) is 4.79 Å². The van der Waals surface area contributed by atoms with Gasteiger partial charge in [0.25, 0.3) is 0 Å². The van der Waals surface area contributed by atoms with Gasteiger partial charge in [0.05, 0.1) is 20.1 Å². The van der Waals surface area contributed by atoms with Crippen molar-refractivity contribution in [3.63, 3.8) is 0 Å². The Hall–Kier alpha value is -2.85. The van der Waals surface area contributed by atoms with Crippen molar-refractivity contribution in [2.75, 3.05) is 58.4 Å². The number of methoxy groups -OCH3 is 2. The predicted octanol–water partition coefficient (Wildman–Crippen LogP) is 2.59. The highest BCUT2D eigenvalue weighted by Crippen LogP contribution is 2.31. The highest BCUT2D eigenvalue weighted by Gasteiger charge is 2.37. The molecule has 0 saturated carbocycles. The maximum atomic E-state index is 13.8. The van der Waals surface area contributed by atoms with Gasteiger partial charge in [0.1, 0.15) is 22.2 Å². The normalized spacial score (nSPS) is 19.7. The second-order valence-corrected chi connectivity index (χ2v) is 10.4. The number of ether oxygens (including phenoxy) is 2. The zero-order valence-corrected chi connectivity index (χ0v) is 20.3. The number of carbonyl (C=O) groups excluding carboxylic acids is 1. The monoisotopic (exact) mass is 491 g/mol. The molecular formula is C24H30FN3O5S. The van der Waals surface area contributed by atoms with Crippen molar-refractivity contribution in [1.82, 2.24) is 9.21 Å². The molecule has 0 N–H and O–H groups in total. The Bertz CT molecular complexity index is 1120. The van der Waals surface area contributed by atoms with Crippen LogP contribution in [-0.2, 0) is 14.8 Å². The summed E-state index contributed by atoms with van der Waals surface area (Å²) in [5.74, 6) is -0.218. The number of anilines is 1. The lowest BCUT2D eigenvalue weighted by molar-refractivity contribution is -0.137. The van der Waals surface area contributed by atoms with Crippen LogP contribution in [-0.4, -0.2) is 77.0 Å². The van der Waals surface area contributed by atoms with Gasteiger partial charge in [0, 0.05) is 45.0 Å². The van der Waals surface area contributed by atoms with Gasteiger partial charge in [-0.05, 0) is 55.3 Å². The number of benzene rings is 2. The summed E-state index contributed by atoms with van der Waals surface area (Å²) in [4.78, 5) is 17.1. The van der Waals surface area contributed by atoms with Crippen LogP contribution in [0.15, 0.2) is 47.4 Å². The van der Waals surface area contributed by atoms with Crippen molar-refractivity contribution in [3.05, 3.63) is 48.3 Å². The number of rotatable bonds is 6. The largest absolute Gasteiger partial charge is 0.497 e. The first-order valence-corrected chi connectivity index (χ1v) is 12.8. The Morgan fingerprint density at radius 1 is 0.971 bits per heavy atom. The third-order valence-corrected chi connectivity index (χ3v) is 8.39. The molecule has 2 aliphatic heterocycles. The lowest BCUT2D eigenvalue weighted by Crippen LogP contribution is -2.53. The van der Waals surface area contributed by atoms with Crippen LogP contribution in [0.25, 0.3) is 0 Å². The van der Waals surface area contributed by atoms with Gasteiger partial charge >= 0.3 is 0 Å². The zero-order chi connectivity index (χ0) is 24.3. The molecule has 2 heterocycles. The lowest BCUT2D eigenvalue weighted by atomic mass is 9.97. The fourth-order valence-corrected chi connectivity index (χ4v) is 6.28. The number of nitrogens with zero attached hydrogens (tertiary/aromatic N) is 3. The van der Waals surface area contributed by atoms with Gasteiger partial charge in [-0.2, -0.15) is 4.31 Å². The van der Waals surface area contributed by atoms with E-state index >= 15 is 0 Å². The van der Waals surface area contributed by atoms with Gasteiger partial charge in [-0.1, -0.05) is 0 Å². The van der Waals surface area contributed by atoms with Gasteiger partial charge in [0.2, 0.25) is 15.9 Å². The van der Waals surface area contributed by atoms with Crippen molar-refractivity contribution >= 4 is 21.6 Å². The minimum absolute atomic E-state index is 0.0273. The number of piperazine rings is 1. The number of hydrogen-bond donors (Lipinski definition) is 0. The van der Waals surface area contributed by atoms with E-state index in [0.29, 0.717) is 39.0 Å². The molecule has 2 aromatic rings. The summed E-state index contributed by atoms with van der Waals surface area (Å²) in [6.07, 6.45) is 1.20. The van der Waals surface area contributed by atoms with Crippen LogP contribution in [0.3, 0.4) is 0 Å². The molecule has 0 aliphatic carbocycles. The standard InChI is InChI=1S/C24H30FN3O5S/c1-32-21-8-6-20(7-9-21)26-12-14-27(15-13-26)24(29)18-4-3-11-28(17-18)34(30,31)23-16-19(25)5-10-22(23)33-2/h5-10,16,18H,3-4,11-15,17H2,1-2H3/t18-/m1/s1. The van der Waals surface area contributed by atoms with E-state index < -0.39 is 21.8 Å². The molecule has 0 spiro atoms. The van der Waals surface area contributed by atoms with E-state index in [1.54, 1.807) is 7.11 Å². The van der Waals surface area contributed by atoms with Gasteiger partial charge < -0.3 is 19.3 Å². The first-order valence-electron chi connectivity index (χ1n) is 11.3. The Balaban J connectivity index is 1.40. The molecule has 1 atom stereocenters. The minimum Gasteiger partial charge on any atom is -0.497 e. The second-order valence-electron chi connectivity index (χ2n) is 8.51. The van der Waals surface area contributed by atoms with Gasteiger partial charge in [0.15, 0.2) is 0 Å². The van der Waals surface area contributed by atoms with Crippen LogP contribution in [0.4, 0.5) is 10.1 Å². The quantitative estimate of drug-likeness (QED) is 0.618. The van der Waals surface area contributed by atoms with E-state index in [9.17, 15) is 17.6 Å². The second kappa shape index (κ2) is 10.2. The average molecular weight is 492 g/mol. The van der Waals surface area contributed by atoms with Crippen LogP contribution in [0.5, 0.6) is 11.5 Å². The van der Waals surface area contributed by atoms with Crippen LogP contribution >= 0.6 is 0 Å². The summed E-state index contributed by atoms with van der Waals surface area (Å²) in [6.45, 7) is 2.93. The van der Waals surface area contributed by atoms with E-state index in [4.69, 9.17) is 9.47 Å². The molecule has 2 aromatic carbocycles. The molecule has 184 valence electrons. The molecule has 4 rings (SSSR count). The predicted molar refractivity (Wildman–Crippen MR) is 126 cm³/mol. The average Bonchev–Trinajstić information content (AvgIpc) is 2.88. The summed E-state index contributed by atoms with van der Waals surface area (Å²) in [6, 6.07) is 11.3. The molecule has 0 unspecified atom stereocenters. The fourth-order valence-electron chi connectivity index (χ4n) is 4.59. The van der Waals surface area contributed by atoms with Crippen molar-refractivity contribution in [1.29, 1.82) is 0 Å². The number of hydrogen-bond acceptors (Lipinski definition) is 6. The van der Waals surface area contributed by atoms with E-state index in [0.717, 1.165) is 23.6 Å². The molecule has 2 aliphatic rings. The van der Waals surface area contributed by atoms with E-state index in [1.165, 1.54) is 17.5 Å². The minimum atomic E-state index is -4.00. The fraction of sp³-hybridized carbons (Fsp3) is 0.458. The smallest absolute Gasteiger partial charge is 0.246 e. The van der Waals surface area contributed by atoms with Gasteiger partial charge in [-0.15, -0.1) is 0 Å². The highest BCUT2D eigenvalue weighted by molar-refractivity contribution is 7.89. The molecular weight excluding hydrogens is 461 g/mol. The third-order valence-electron chi connectivity index (χ3n) is 6.51. The highest BCUT2D eigenvalue weighted by atomic mass is 32.2. The summed E-state index contributed by atoms with van der Waals surface area (Å²) < 4.78 is 51.9. The Morgan fingerprint density at radius 3 is 2.32 bits per heavy atom. The molecule has 10 heteroatoms. The van der Waals surface area contributed by atoms with Crippen LogP contribution in [0.2, 0.25) is 0 Å². The summed E-state index contributed by atoms with van der Waals surface area (Å²) in [5.41, 5.74) is 1.08. The molecule has 0 bridgehead atoms. The molecule has 2 fully saturated rings. The van der Waals surface area contributed by atoms with Crippen molar-refractivity contribution in [2.24, 2.45) is 5.92 Å². The van der Waals surface area contributed by atoms with Crippen molar-refractivity contribution < 1.29 is 27.1 Å². The SMILES string of the molecule is COc1ccc(N2CCN(C(=O)[C@@H]3CCCN(S(=O)(=O)c4cc(F)ccc4OC)C3)CC2)cc1. The molecule has 8 nitrogen and oxygen atoms in total. The Kier molecular flexibility index (Phi) is 7.27. The first-order chi connectivity index (χ1) is 16.3. The summed E-state index contributed by atoms with van der Waals surface area (Å²) in [7, 11) is -1.02. The first kappa shape index (κ1) is 24.3. The molecule has 0 radical (unpaired) electrons.